The number of carboxylic acid groups (broad SMARTS) is 1. The summed E-state index contributed by atoms with van der Waals surface area (Å²) in [5, 5.41) is 15.8. The lowest BCUT2D eigenvalue weighted by molar-refractivity contribution is -0.138. The van der Waals surface area contributed by atoms with E-state index in [0.29, 0.717) is 23.5 Å². The molecule has 1 aromatic carbocycles. The van der Waals surface area contributed by atoms with E-state index in [-0.39, 0.29) is 0 Å². The van der Waals surface area contributed by atoms with E-state index in [1.165, 1.54) is 6.92 Å². The molecule has 0 aliphatic carbocycles. The Balaban J connectivity index is 2.25. The number of hydrogen-bond acceptors (Lipinski definition) is 3. The average molecular weight is 380 g/mol. The summed E-state index contributed by atoms with van der Waals surface area (Å²) in [6, 6.07) is 6.90. The number of carboxylic acids is 1. The number of aromatic nitrogens is 2. The zero-order valence-corrected chi connectivity index (χ0v) is 14.7. The Morgan fingerprint density at radius 2 is 2.09 bits per heavy atom. The van der Waals surface area contributed by atoms with E-state index < -0.39 is 17.9 Å². The molecule has 1 amide bonds. The Kier molecular flexibility index (Phi) is 5.20. The second kappa shape index (κ2) is 6.95. The van der Waals surface area contributed by atoms with Crippen LogP contribution in [0.4, 0.5) is 0 Å². The van der Waals surface area contributed by atoms with Crippen molar-refractivity contribution in [3.05, 3.63) is 51.3 Å². The number of nitrogens with zero attached hydrogens (tertiary/aromatic N) is 2. The van der Waals surface area contributed by atoms with Crippen molar-refractivity contribution in [1.29, 1.82) is 0 Å². The predicted molar refractivity (Wildman–Crippen MR) is 89.5 cm³/mol. The summed E-state index contributed by atoms with van der Waals surface area (Å²) in [6.45, 7) is 5.51. The molecule has 23 heavy (non-hydrogen) atoms. The van der Waals surface area contributed by atoms with Crippen LogP contribution in [0.2, 0.25) is 0 Å². The van der Waals surface area contributed by atoms with Gasteiger partial charge in [-0.2, -0.15) is 5.10 Å². The van der Waals surface area contributed by atoms with Crippen molar-refractivity contribution in [1.82, 2.24) is 15.1 Å². The van der Waals surface area contributed by atoms with Crippen molar-refractivity contribution in [2.75, 3.05) is 0 Å². The van der Waals surface area contributed by atoms with E-state index in [1.54, 1.807) is 18.5 Å². The molecule has 1 atom stereocenters. The molecule has 0 saturated carbocycles. The molecule has 0 aliphatic heterocycles. The van der Waals surface area contributed by atoms with E-state index in [2.05, 4.69) is 26.3 Å². The smallest absolute Gasteiger partial charge is 0.325 e. The molecule has 0 unspecified atom stereocenters. The molecule has 0 bridgehead atoms. The van der Waals surface area contributed by atoms with Gasteiger partial charge in [-0.3, -0.25) is 14.3 Å². The average Bonchev–Trinajstić information content (AvgIpc) is 2.73. The fourth-order valence-electron chi connectivity index (χ4n) is 2.32. The third kappa shape index (κ3) is 3.98. The number of benzene rings is 1. The molecule has 2 rings (SSSR count). The van der Waals surface area contributed by atoms with Crippen LogP contribution in [0.3, 0.4) is 0 Å². The van der Waals surface area contributed by atoms with Gasteiger partial charge in [0.1, 0.15) is 6.04 Å². The second-order valence-corrected chi connectivity index (χ2v) is 6.28. The van der Waals surface area contributed by atoms with Gasteiger partial charge in [0.15, 0.2) is 0 Å². The molecule has 0 fully saturated rings. The van der Waals surface area contributed by atoms with Crippen molar-refractivity contribution in [2.24, 2.45) is 0 Å². The molecule has 2 aromatic rings. The van der Waals surface area contributed by atoms with Crippen molar-refractivity contribution in [2.45, 2.75) is 33.4 Å². The lowest BCUT2D eigenvalue weighted by Crippen LogP contribution is -2.38. The van der Waals surface area contributed by atoms with Crippen LogP contribution in [-0.2, 0) is 11.3 Å². The monoisotopic (exact) mass is 379 g/mol. The van der Waals surface area contributed by atoms with E-state index in [1.807, 2.05) is 24.3 Å². The van der Waals surface area contributed by atoms with Gasteiger partial charge >= 0.3 is 5.97 Å². The van der Waals surface area contributed by atoms with Gasteiger partial charge in [0, 0.05) is 10.2 Å². The fraction of sp³-hybridized carbons (Fsp3) is 0.312. The third-order valence-electron chi connectivity index (χ3n) is 3.55. The number of carbonyl (C=O) groups is 2. The zero-order valence-electron chi connectivity index (χ0n) is 13.1. The number of aliphatic carboxylic acids is 1. The first-order chi connectivity index (χ1) is 10.8. The molecular weight excluding hydrogens is 362 g/mol. The molecule has 2 N–H and O–H groups in total. The van der Waals surface area contributed by atoms with E-state index in [9.17, 15) is 9.59 Å². The minimum Gasteiger partial charge on any atom is -0.480 e. The number of nitrogens with one attached hydrogen (secondary N) is 1. The van der Waals surface area contributed by atoms with Crippen LogP contribution < -0.4 is 5.32 Å². The maximum atomic E-state index is 12.3. The minimum absolute atomic E-state index is 0.421. The molecule has 1 aromatic heterocycles. The van der Waals surface area contributed by atoms with Crippen LogP contribution in [0.1, 0.15) is 34.2 Å². The van der Waals surface area contributed by atoms with Gasteiger partial charge in [0.25, 0.3) is 5.91 Å². The molecule has 122 valence electrons. The number of rotatable bonds is 5. The van der Waals surface area contributed by atoms with Crippen LogP contribution in [0.15, 0.2) is 28.7 Å². The van der Waals surface area contributed by atoms with E-state index in [4.69, 9.17) is 5.11 Å². The molecule has 6 nitrogen and oxygen atoms in total. The molecule has 0 radical (unpaired) electrons. The molecular formula is C16H18BrN3O3. The fourth-order valence-corrected chi connectivity index (χ4v) is 2.76. The van der Waals surface area contributed by atoms with Crippen LogP contribution in [-0.4, -0.2) is 32.8 Å². The summed E-state index contributed by atoms with van der Waals surface area (Å²) in [6.07, 6.45) is 0. The highest BCUT2D eigenvalue weighted by Gasteiger charge is 2.22. The Bertz CT molecular complexity index is 755. The Hall–Kier alpha value is -2.15. The lowest BCUT2D eigenvalue weighted by Gasteiger charge is -2.10. The zero-order chi connectivity index (χ0) is 17.1. The summed E-state index contributed by atoms with van der Waals surface area (Å²) in [4.78, 5) is 23.2. The van der Waals surface area contributed by atoms with Gasteiger partial charge in [-0.1, -0.05) is 28.1 Å². The topological polar surface area (TPSA) is 84.2 Å². The molecule has 0 saturated heterocycles. The summed E-state index contributed by atoms with van der Waals surface area (Å²) in [5.41, 5.74) is 2.76. The van der Waals surface area contributed by atoms with Gasteiger partial charge in [-0.15, -0.1) is 0 Å². The van der Waals surface area contributed by atoms with Gasteiger partial charge in [0.05, 0.1) is 17.8 Å². The Morgan fingerprint density at radius 1 is 1.39 bits per heavy atom. The van der Waals surface area contributed by atoms with Gasteiger partial charge < -0.3 is 10.4 Å². The first-order valence-corrected chi connectivity index (χ1v) is 7.91. The van der Waals surface area contributed by atoms with E-state index >= 15 is 0 Å². The number of aryl methyl sites for hydroxylation is 1. The molecule has 7 heteroatoms. The number of halogens is 1. The Morgan fingerprint density at radius 3 is 2.70 bits per heavy atom. The summed E-state index contributed by atoms with van der Waals surface area (Å²) >= 11 is 3.43. The standard InChI is InChI=1S/C16H18BrN3O3/c1-9-14(15(21)18-10(2)16(22)23)11(3)20(19-9)8-12-5-4-6-13(17)7-12/h4-7,10H,8H2,1-3H3,(H,18,21)(H,22,23)/t10-/m0/s1. The van der Waals surface area contributed by atoms with Gasteiger partial charge in [-0.05, 0) is 38.5 Å². The summed E-state index contributed by atoms with van der Waals surface area (Å²) in [5.74, 6) is -1.49. The normalized spacial score (nSPS) is 12.0. The van der Waals surface area contributed by atoms with Gasteiger partial charge in [0.2, 0.25) is 0 Å². The predicted octanol–water partition coefficient (Wildman–Crippen LogP) is 2.51. The third-order valence-corrected chi connectivity index (χ3v) is 4.04. The number of amides is 1. The first kappa shape index (κ1) is 17.2. The van der Waals surface area contributed by atoms with Crippen LogP contribution >= 0.6 is 15.9 Å². The van der Waals surface area contributed by atoms with Crippen LogP contribution in [0, 0.1) is 13.8 Å². The Labute approximate surface area is 142 Å². The number of hydrogen-bond donors (Lipinski definition) is 2. The molecule has 0 spiro atoms. The first-order valence-electron chi connectivity index (χ1n) is 7.11. The van der Waals surface area contributed by atoms with Crippen LogP contribution in [0.25, 0.3) is 0 Å². The second-order valence-electron chi connectivity index (χ2n) is 5.37. The van der Waals surface area contributed by atoms with Crippen molar-refractivity contribution in [3.8, 4) is 0 Å². The summed E-state index contributed by atoms with van der Waals surface area (Å²) < 4.78 is 2.72. The van der Waals surface area contributed by atoms with Crippen molar-refractivity contribution >= 4 is 27.8 Å². The van der Waals surface area contributed by atoms with Crippen molar-refractivity contribution in [3.63, 3.8) is 0 Å². The number of carbonyl (C=O) groups excluding carboxylic acids is 1. The minimum atomic E-state index is -1.07. The largest absolute Gasteiger partial charge is 0.480 e. The van der Waals surface area contributed by atoms with Crippen LogP contribution in [0.5, 0.6) is 0 Å². The quantitative estimate of drug-likeness (QED) is 0.835. The maximum Gasteiger partial charge on any atom is 0.325 e. The molecule has 1 heterocycles. The maximum absolute atomic E-state index is 12.3. The summed E-state index contributed by atoms with van der Waals surface area (Å²) in [7, 11) is 0. The highest BCUT2D eigenvalue weighted by atomic mass is 79.9. The highest BCUT2D eigenvalue weighted by Crippen LogP contribution is 2.17. The van der Waals surface area contributed by atoms with E-state index in [0.717, 1.165) is 10.0 Å². The van der Waals surface area contributed by atoms with Gasteiger partial charge in [-0.25, -0.2) is 0 Å². The lowest BCUT2D eigenvalue weighted by atomic mass is 10.1. The molecule has 0 aliphatic rings. The van der Waals surface area contributed by atoms with Crippen molar-refractivity contribution < 1.29 is 14.7 Å². The SMILES string of the molecule is Cc1nn(Cc2cccc(Br)c2)c(C)c1C(=O)N[C@@H](C)C(=O)O. The highest BCUT2D eigenvalue weighted by molar-refractivity contribution is 9.10.